The van der Waals surface area contributed by atoms with Crippen LogP contribution in [0.2, 0.25) is 0 Å². The molecule has 2 heterocycles. The smallest absolute Gasteiger partial charge is 0.191 e. The van der Waals surface area contributed by atoms with E-state index >= 15 is 0 Å². The number of nitrogens with one attached hydrogen (secondary N) is 3. The minimum atomic E-state index is -0.218. The van der Waals surface area contributed by atoms with Crippen molar-refractivity contribution in [1.82, 2.24) is 15.6 Å². The van der Waals surface area contributed by atoms with Gasteiger partial charge in [0.1, 0.15) is 5.82 Å². The van der Waals surface area contributed by atoms with E-state index in [9.17, 15) is 4.39 Å². The topological polar surface area (TPSA) is 61.4 Å². The summed E-state index contributed by atoms with van der Waals surface area (Å²) in [6.07, 6.45) is 4.25. The number of aromatic nitrogens is 1. The number of fused-ring (bicyclic) bond motifs is 2. The fourth-order valence-corrected chi connectivity index (χ4v) is 4.74. The van der Waals surface area contributed by atoms with Gasteiger partial charge in [0, 0.05) is 54.2 Å². The van der Waals surface area contributed by atoms with E-state index in [-0.39, 0.29) is 11.2 Å². The van der Waals surface area contributed by atoms with Gasteiger partial charge in [-0.3, -0.25) is 4.99 Å². The van der Waals surface area contributed by atoms with Gasteiger partial charge in [-0.05, 0) is 43.5 Å². The molecule has 1 aliphatic heterocycles. The van der Waals surface area contributed by atoms with Gasteiger partial charge >= 0.3 is 0 Å². The summed E-state index contributed by atoms with van der Waals surface area (Å²) in [5, 5.41) is 8.07. The number of hydrogen-bond donors (Lipinski definition) is 3. The Morgan fingerprint density at radius 3 is 3.07 bits per heavy atom. The lowest BCUT2D eigenvalue weighted by Crippen LogP contribution is -2.68. The molecule has 0 spiro atoms. The molecule has 2 aliphatic rings. The third-order valence-corrected chi connectivity index (χ3v) is 6.12. The fourth-order valence-electron chi connectivity index (χ4n) is 4.74. The van der Waals surface area contributed by atoms with Crippen LogP contribution in [0.5, 0.6) is 0 Å². The van der Waals surface area contributed by atoms with Crippen molar-refractivity contribution in [2.45, 2.75) is 45.8 Å². The Bertz CT molecular complexity index is 844. The number of nitrogens with zero attached hydrogens (tertiary/aromatic N) is 1. The van der Waals surface area contributed by atoms with E-state index in [4.69, 9.17) is 9.73 Å². The summed E-state index contributed by atoms with van der Waals surface area (Å²) in [7, 11) is 0. The molecule has 0 amide bonds. The van der Waals surface area contributed by atoms with Crippen LogP contribution >= 0.6 is 0 Å². The average molecular weight is 372 g/mol. The number of hydrogen-bond acceptors (Lipinski definition) is 2. The van der Waals surface area contributed by atoms with Gasteiger partial charge in [0.05, 0.1) is 6.10 Å². The van der Waals surface area contributed by atoms with Crippen LogP contribution in [-0.2, 0) is 11.2 Å². The van der Waals surface area contributed by atoms with E-state index in [1.165, 1.54) is 12.1 Å². The quantitative estimate of drug-likeness (QED) is 0.558. The third kappa shape index (κ3) is 3.31. The zero-order valence-corrected chi connectivity index (χ0v) is 16.3. The van der Waals surface area contributed by atoms with Gasteiger partial charge in [0.2, 0.25) is 0 Å². The van der Waals surface area contributed by atoms with Crippen molar-refractivity contribution < 1.29 is 9.13 Å². The van der Waals surface area contributed by atoms with Crippen molar-refractivity contribution in [3.8, 4) is 0 Å². The molecule has 1 saturated carbocycles. The van der Waals surface area contributed by atoms with Crippen molar-refractivity contribution in [1.29, 1.82) is 0 Å². The van der Waals surface area contributed by atoms with Gasteiger partial charge < -0.3 is 20.4 Å². The monoisotopic (exact) mass is 372 g/mol. The van der Waals surface area contributed by atoms with Crippen molar-refractivity contribution in [3.63, 3.8) is 0 Å². The summed E-state index contributed by atoms with van der Waals surface area (Å²) in [6.45, 7) is 9.00. The summed E-state index contributed by atoms with van der Waals surface area (Å²) in [6, 6.07) is 5.26. The van der Waals surface area contributed by atoms with Crippen LogP contribution < -0.4 is 10.6 Å². The second-order valence-corrected chi connectivity index (χ2v) is 8.20. The third-order valence-electron chi connectivity index (χ3n) is 6.12. The molecule has 146 valence electrons. The van der Waals surface area contributed by atoms with Gasteiger partial charge in [0.15, 0.2) is 5.96 Å². The second kappa shape index (κ2) is 7.15. The predicted octanol–water partition coefficient (Wildman–Crippen LogP) is 3.22. The molecule has 2 aromatic rings. The van der Waals surface area contributed by atoms with Crippen LogP contribution in [0.15, 0.2) is 29.4 Å². The van der Waals surface area contributed by atoms with E-state index in [2.05, 4.69) is 36.4 Å². The first-order valence-corrected chi connectivity index (χ1v) is 9.92. The fraction of sp³-hybridized carbons (Fsp3) is 0.571. The number of H-pyrrole nitrogens is 1. The zero-order chi connectivity index (χ0) is 19.0. The largest absolute Gasteiger partial charge is 0.377 e. The lowest BCUT2D eigenvalue weighted by Gasteiger charge is -2.54. The predicted molar refractivity (Wildman–Crippen MR) is 106 cm³/mol. The molecule has 1 aliphatic carbocycles. The number of guanidine groups is 1. The molecule has 1 saturated heterocycles. The minimum Gasteiger partial charge on any atom is -0.377 e. The maximum Gasteiger partial charge on any atom is 0.191 e. The van der Waals surface area contributed by atoms with Gasteiger partial charge in [0.25, 0.3) is 0 Å². The highest BCUT2D eigenvalue weighted by atomic mass is 19.1. The molecule has 0 bridgehead atoms. The van der Waals surface area contributed by atoms with Crippen LogP contribution in [0.3, 0.4) is 0 Å². The lowest BCUT2D eigenvalue weighted by molar-refractivity contribution is -0.106. The molecule has 0 radical (unpaired) electrons. The molecular weight excluding hydrogens is 343 g/mol. The normalized spacial score (nSPS) is 26.7. The van der Waals surface area contributed by atoms with E-state index < -0.39 is 0 Å². The van der Waals surface area contributed by atoms with Crippen LogP contribution in [0.4, 0.5) is 4.39 Å². The van der Waals surface area contributed by atoms with Crippen molar-refractivity contribution in [2.24, 2.45) is 16.3 Å². The number of benzene rings is 1. The minimum absolute atomic E-state index is 0.123. The summed E-state index contributed by atoms with van der Waals surface area (Å²) in [5.74, 6) is 1.23. The first-order valence-electron chi connectivity index (χ1n) is 9.92. The molecular formula is C21H29FN4O. The maximum absolute atomic E-state index is 13.3. The Kier molecular flexibility index (Phi) is 4.84. The second-order valence-electron chi connectivity index (χ2n) is 8.20. The Balaban J connectivity index is 1.42. The lowest BCUT2D eigenvalue weighted by atomic mass is 9.57. The maximum atomic E-state index is 13.3. The van der Waals surface area contributed by atoms with Crippen LogP contribution in [-0.4, -0.2) is 42.8 Å². The van der Waals surface area contributed by atoms with E-state index in [0.29, 0.717) is 24.6 Å². The highest BCUT2D eigenvalue weighted by Gasteiger charge is 2.59. The van der Waals surface area contributed by atoms with Crippen molar-refractivity contribution in [2.75, 3.05) is 19.7 Å². The highest BCUT2D eigenvalue weighted by molar-refractivity contribution is 5.83. The van der Waals surface area contributed by atoms with Crippen molar-refractivity contribution in [3.05, 3.63) is 35.8 Å². The molecule has 1 aromatic heterocycles. The van der Waals surface area contributed by atoms with Gasteiger partial charge in [-0.2, -0.15) is 0 Å². The molecule has 3 unspecified atom stereocenters. The van der Waals surface area contributed by atoms with Gasteiger partial charge in [-0.25, -0.2) is 4.39 Å². The summed E-state index contributed by atoms with van der Waals surface area (Å²) < 4.78 is 19.2. The molecule has 2 fully saturated rings. The molecule has 27 heavy (non-hydrogen) atoms. The van der Waals surface area contributed by atoms with E-state index in [1.807, 2.05) is 12.3 Å². The van der Waals surface area contributed by atoms with Gasteiger partial charge in [-0.15, -0.1) is 0 Å². The molecule has 3 N–H and O–H groups in total. The number of halogens is 1. The summed E-state index contributed by atoms with van der Waals surface area (Å²) >= 11 is 0. The Hall–Kier alpha value is -2.08. The Morgan fingerprint density at radius 1 is 1.41 bits per heavy atom. The number of ether oxygens (including phenoxy) is 1. The molecule has 6 heteroatoms. The SMILES string of the molecule is CCNC(=NCCc1c[nH]c2cc(F)ccc12)NC1C2CCOC2C1(C)C. The molecule has 5 nitrogen and oxygen atoms in total. The van der Waals surface area contributed by atoms with Crippen LogP contribution in [0, 0.1) is 17.2 Å². The first kappa shape index (κ1) is 18.3. The zero-order valence-electron chi connectivity index (χ0n) is 16.3. The molecule has 3 atom stereocenters. The van der Waals surface area contributed by atoms with E-state index in [1.54, 1.807) is 0 Å². The van der Waals surface area contributed by atoms with Crippen LogP contribution in [0.1, 0.15) is 32.8 Å². The number of aliphatic imine (C=N–C) groups is 1. The summed E-state index contributed by atoms with van der Waals surface area (Å²) in [5.41, 5.74) is 2.12. The van der Waals surface area contributed by atoms with E-state index in [0.717, 1.165) is 48.4 Å². The number of aromatic amines is 1. The molecule has 1 aromatic carbocycles. The number of rotatable bonds is 5. The Labute approximate surface area is 159 Å². The standard InChI is InChI=1S/C21H29FN4O/c1-4-23-20(26-18-16-8-10-27-19(16)21(18,2)3)24-9-7-13-12-25-17-11-14(22)5-6-15(13)17/h5-6,11-12,16,18-19,25H,4,7-10H2,1-3H3,(H2,23,24,26). The average Bonchev–Trinajstić information content (AvgIpc) is 3.25. The Morgan fingerprint density at radius 2 is 2.26 bits per heavy atom. The summed E-state index contributed by atoms with van der Waals surface area (Å²) in [4.78, 5) is 7.93. The van der Waals surface area contributed by atoms with Crippen LogP contribution in [0.25, 0.3) is 10.9 Å². The first-order chi connectivity index (χ1) is 13.0. The van der Waals surface area contributed by atoms with Crippen molar-refractivity contribution >= 4 is 16.9 Å². The van der Waals surface area contributed by atoms with Gasteiger partial charge in [-0.1, -0.05) is 13.8 Å². The highest BCUT2D eigenvalue weighted by Crippen LogP contribution is 2.52. The molecule has 4 rings (SSSR count).